The summed E-state index contributed by atoms with van der Waals surface area (Å²) in [5.74, 6) is 1.14. The van der Waals surface area contributed by atoms with E-state index in [1.54, 1.807) is 0 Å². The minimum absolute atomic E-state index is 0.379. The van der Waals surface area contributed by atoms with E-state index in [-0.39, 0.29) is 0 Å². The summed E-state index contributed by atoms with van der Waals surface area (Å²) >= 11 is 0. The van der Waals surface area contributed by atoms with E-state index < -0.39 is 0 Å². The molecule has 1 N–H and O–H groups in total. The van der Waals surface area contributed by atoms with E-state index in [0.29, 0.717) is 11.9 Å². The molecule has 2 aliphatic rings. The van der Waals surface area contributed by atoms with Crippen LogP contribution in [0.3, 0.4) is 0 Å². The van der Waals surface area contributed by atoms with E-state index in [9.17, 15) is 4.79 Å². The van der Waals surface area contributed by atoms with Crippen LogP contribution in [0, 0.1) is 5.92 Å². The zero-order valence-corrected chi connectivity index (χ0v) is 11.1. The Labute approximate surface area is 105 Å². The van der Waals surface area contributed by atoms with Crippen molar-refractivity contribution >= 4 is 5.91 Å². The molecule has 0 aliphatic carbocycles. The van der Waals surface area contributed by atoms with Crippen LogP contribution in [0.5, 0.6) is 0 Å². The molecule has 2 atom stereocenters. The zero-order valence-electron chi connectivity index (χ0n) is 11.1. The molecule has 0 radical (unpaired) electrons. The van der Waals surface area contributed by atoms with Crippen LogP contribution in [0.25, 0.3) is 0 Å². The Hall–Kier alpha value is -0.570. The second-order valence-corrected chi connectivity index (χ2v) is 5.52. The average Bonchev–Trinajstić information content (AvgIpc) is 2.56. The summed E-state index contributed by atoms with van der Waals surface area (Å²) in [7, 11) is 0. The normalized spacial score (nSPS) is 31.4. The van der Waals surface area contributed by atoms with Gasteiger partial charge in [0.15, 0.2) is 0 Å². The van der Waals surface area contributed by atoms with Crippen molar-refractivity contribution in [3.8, 4) is 0 Å². The molecule has 17 heavy (non-hydrogen) atoms. The highest BCUT2D eigenvalue weighted by molar-refractivity contribution is 5.76. The van der Waals surface area contributed by atoms with Crippen LogP contribution in [-0.2, 0) is 4.79 Å². The number of hydrogen-bond acceptors (Lipinski definition) is 2. The molecule has 0 bridgehead atoms. The molecule has 0 saturated carbocycles. The van der Waals surface area contributed by atoms with E-state index in [1.807, 2.05) is 0 Å². The molecule has 0 aromatic rings. The lowest BCUT2D eigenvalue weighted by molar-refractivity contribution is -0.131. The van der Waals surface area contributed by atoms with E-state index in [2.05, 4.69) is 17.1 Å². The molecular formula is C14H26N2O. The third-order valence-electron chi connectivity index (χ3n) is 4.34. The van der Waals surface area contributed by atoms with Gasteiger partial charge in [-0.2, -0.15) is 0 Å². The third kappa shape index (κ3) is 3.44. The molecule has 2 fully saturated rings. The van der Waals surface area contributed by atoms with Gasteiger partial charge in [0.2, 0.25) is 5.91 Å². The molecule has 2 rings (SSSR count). The Kier molecular flexibility index (Phi) is 4.84. The monoisotopic (exact) mass is 238 g/mol. The van der Waals surface area contributed by atoms with Crippen molar-refractivity contribution in [1.82, 2.24) is 10.2 Å². The summed E-state index contributed by atoms with van der Waals surface area (Å²) in [6.45, 7) is 5.32. The molecule has 98 valence electrons. The fourth-order valence-corrected chi connectivity index (χ4v) is 3.19. The topological polar surface area (TPSA) is 32.3 Å². The Morgan fingerprint density at radius 2 is 2.18 bits per heavy atom. The van der Waals surface area contributed by atoms with Gasteiger partial charge in [-0.3, -0.25) is 4.79 Å². The summed E-state index contributed by atoms with van der Waals surface area (Å²) in [5.41, 5.74) is 0. The fraction of sp³-hybridized carbons (Fsp3) is 0.929. The molecule has 3 nitrogen and oxygen atoms in total. The van der Waals surface area contributed by atoms with Crippen molar-refractivity contribution in [1.29, 1.82) is 0 Å². The number of nitrogens with zero attached hydrogens (tertiary/aromatic N) is 1. The average molecular weight is 238 g/mol. The van der Waals surface area contributed by atoms with Crippen molar-refractivity contribution in [2.24, 2.45) is 5.92 Å². The van der Waals surface area contributed by atoms with Crippen molar-refractivity contribution in [3.63, 3.8) is 0 Å². The van der Waals surface area contributed by atoms with Gasteiger partial charge in [0.05, 0.1) is 0 Å². The third-order valence-corrected chi connectivity index (χ3v) is 4.34. The molecule has 2 unspecified atom stereocenters. The van der Waals surface area contributed by atoms with Gasteiger partial charge in [-0.15, -0.1) is 0 Å². The zero-order chi connectivity index (χ0) is 12.1. The molecule has 1 amide bonds. The van der Waals surface area contributed by atoms with Crippen LogP contribution < -0.4 is 5.32 Å². The lowest BCUT2D eigenvalue weighted by atomic mass is 9.88. The van der Waals surface area contributed by atoms with Crippen LogP contribution in [0.15, 0.2) is 0 Å². The number of nitrogens with one attached hydrogen (secondary N) is 1. The van der Waals surface area contributed by atoms with Crippen molar-refractivity contribution in [2.75, 3.05) is 19.6 Å². The first-order valence-corrected chi connectivity index (χ1v) is 7.32. The van der Waals surface area contributed by atoms with Gasteiger partial charge < -0.3 is 10.2 Å². The van der Waals surface area contributed by atoms with Crippen LogP contribution in [0.4, 0.5) is 0 Å². The quantitative estimate of drug-likeness (QED) is 0.817. The maximum absolute atomic E-state index is 12.0. The minimum Gasteiger partial charge on any atom is -0.341 e. The van der Waals surface area contributed by atoms with Crippen molar-refractivity contribution < 1.29 is 4.79 Å². The van der Waals surface area contributed by atoms with Crippen LogP contribution in [-0.4, -0.2) is 36.5 Å². The van der Waals surface area contributed by atoms with E-state index in [0.717, 1.165) is 38.4 Å². The number of hydrogen-bond donors (Lipinski definition) is 1. The highest BCUT2D eigenvalue weighted by Gasteiger charge is 2.27. The largest absolute Gasteiger partial charge is 0.341 e. The van der Waals surface area contributed by atoms with Gasteiger partial charge in [-0.05, 0) is 38.1 Å². The Morgan fingerprint density at radius 3 is 3.00 bits per heavy atom. The van der Waals surface area contributed by atoms with Gasteiger partial charge in [0.1, 0.15) is 0 Å². The first-order chi connectivity index (χ1) is 8.31. The summed E-state index contributed by atoms with van der Waals surface area (Å²) in [6, 6.07) is 0.538. The van der Waals surface area contributed by atoms with E-state index in [1.165, 1.54) is 32.1 Å². The number of piperidine rings is 1. The molecular weight excluding hydrogens is 212 g/mol. The van der Waals surface area contributed by atoms with Crippen LogP contribution >= 0.6 is 0 Å². The smallest absolute Gasteiger partial charge is 0.222 e. The highest BCUT2D eigenvalue weighted by atomic mass is 16.2. The molecule has 0 aromatic carbocycles. The standard InChI is InChI=1S/C14H26N2O/c1-2-12-7-6-9-15-13(12)11-16-10-5-3-4-8-14(16)17/h12-13,15H,2-11H2,1H3. The number of carbonyl (C=O) groups is 1. The summed E-state index contributed by atoms with van der Waals surface area (Å²) in [6.07, 6.45) is 8.12. The SMILES string of the molecule is CCC1CCCNC1CN1CCCCCC1=O. The Bertz CT molecular complexity index is 255. The number of carbonyl (C=O) groups excluding carboxylic acids is 1. The summed E-state index contributed by atoms with van der Waals surface area (Å²) in [4.78, 5) is 14.1. The predicted octanol–water partition coefficient (Wildman–Crippen LogP) is 2.17. The summed E-state index contributed by atoms with van der Waals surface area (Å²) < 4.78 is 0. The second kappa shape index (κ2) is 6.39. The lowest BCUT2D eigenvalue weighted by Gasteiger charge is -2.35. The van der Waals surface area contributed by atoms with Gasteiger partial charge in [0.25, 0.3) is 0 Å². The van der Waals surface area contributed by atoms with Crippen molar-refractivity contribution in [3.05, 3.63) is 0 Å². The fourth-order valence-electron chi connectivity index (χ4n) is 3.19. The van der Waals surface area contributed by atoms with Crippen molar-refractivity contribution in [2.45, 2.75) is 57.9 Å². The van der Waals surface area contributed by atoms with E-state index >= 15 is 0 Å². The molecule has 0 aromatic heterocycles. The van der Waals surface area contributed by atoms with Crippen LogP contribution in [0.2, 0.25) is 0 Å². The molecule has 2 aliphatic heterocycles. The number of rotatable bonds is 3. The molecule has 2 saturated heterocycles. The maximum Gasteiger partial charge on any atom is 0.222 e. The predicted molar refractivity (Wildman–Crippen MR) is 69.9 cm³/mol. The summed E-state index contributed by atoms with van der Waals surface area (Å²) in [5, 5.41) is 3.61. The Balaban J connectivity index is 1.90. The molecule has 3 heteroatoms. The Morgan fingerprint density at radius 1 is 1.29 bits per heavy atom. The maximum atomic E-state index is 12.0. The molecule has 0 spiro atoms. The number of likely N-dealkylation sites (tertiary alicyclic amines) is 1. The first-order valence-electron chi connectivity index (χ1n) is 7.32. The molecule has 2 heterocycles. The lowest BCUT2D eigenvalue weighted by Crippen LogP contribution is -2.50. The van der Waals surface area contributed by atoms with Crippen LogP contribution in [0.1, 0.15) is 51.9 Å². The highest BCUT2D eigenvalue weighted by Crippen LogP contribution is 2.21. The van der Waals surface area contributed by atoms with Gasteiger partial charge in [-0.25, -0.2) is 0 Å². The first kappa shape index (κ1) is 12.9. The van der Waals surface area contributed by atoms with E-state index in [4.69, 9.17) is 0 Å². The van der Waals surface area contributed by atoms with Gasteiger partial charge in [-0.1, -0.05) is 19.8 Å². The van der Waals surface area contributed by atoms with Gasteiger partial charge in [0, 0.05) is 25.6 Å². The second-order valence-electron chi connectivity index (χ2n) is 5.52. The minimum atomic E-state index is 0.379. The van der Waals surface area contributed by atoms with Gasteiger partial charge >= 0.3 is 0 Å². The number of amides is 1.